The first-order valence-electron chi connectivity index (χ1n) is 6.30. The van der Waals surface area contributed by atoms with Gasteiger partial charge in [-0.3, -0.25) is 5.84 Å². The maximum absolute atomic E-state index is 6.26. The van der Waals surface area contributed by atoms with E-state index >= 15 is 0 Å². The molecule has 0 heterocycles. The van der Waals surface area contributed by atoms with Crippen molar-refractivity contribution in [2.45, 2.75) is 13.0 Å². The van der Waals surface area contributed by atoms with Gasteiger partial charge < -0.3 is 4.74 Å². The van der Waals surface area contributed by atoms with Crippen LogP contribution in [-0.4, -0.2) is 6.61 Å². The summed E-state index contributed by atoms with van der Waals surface area (Å²) in [5.41, 5.74) is 4.56. The molecule has 0 saturated carbocycles. The van der Waals surface area contributed by atoms with Crippen LogP contribution in [0, 0.1) is 0 Å². The second kappa shape index (κ2) is 6.95. The Balaban J connectivity index is 2.41. The SMILES string of the molecule is CCOc1cccc(C(NN)c2cccc(Cl)c2Cl)c1. The molecule has 20 heavy (non-hydrogen) atoms. The van der Waals surface area contributed by atoms with E-state index in [1.165, 1.54) is 0 Å². The van der Waals surface area contributed by atoms with Crippen LogP contribution in [0.2, 0.25) is 10.0 Å². The molecule has 2 rings (SSSR count). The molecule has 0 aliphatic heterocycles. The summed E-state index contributed by atoms with van der Waals surface area (Å²) in [6.07, 6.45) is 0. The summed E-state index contributed by atoms with van der Waals surface area (Å²) in [5, 5.41) is 1.00. The van der Waals surface area contributed by atoms with E-state index in [2.05, 4.69) is 5.43 Å². The highest BCUT2D eigenvalue weighted by atomic mass is 35.5. The van der Waals surface area contributed by atoms with Gasteiger partial charge in [0, 0.05) is 0 Å². The Morgan fingerprint density at radius 2 is 1.95 bits per heavy atom. The van der Waals surface area contributed by atoms with Crippen LogP contribution in [0.5, 0.6) is 5.75 Å². The van der Waals surface area contributed by atoms with Gasteiger partial charge in [-0.2, -0.15) is 0 Å². The number of halogens is 2. The van der Waals surface area contributed by atoms with Crippen molar-refractivity contribution in [1.29, 1.82) is 0 Å². The number of nitrogens with one attached hydrogen (secondary N) is 1. The fourth-order valence-electron chi connectivity index (χ4n) is 2.06. The molecule has 2 aromatic carbocycles. The van der Waals surface area contributed by atoms with Crippen LogP contribution in [0.25, 0.3) is 0 Å². The summed E-state index contributed by atoms with van der Waals surface area (Å²) in [7, 11) is 0. The molecule has 0 spiro atoms. The van der Waals surface area contributed by atoms with E-state index in [0.29, 0.717) is 16.7 Å². The topological polar surface area (TPSA) is 47.3 Å². The molecule has 0 bridgehead atoms. The van der Waals surface area contributed by atoms with Crippen LogP contribution in [-0.2, 0) is 0 Å². The summed E-state index contributed by atoms with van der Waals surface area (Å²) in [4.78, 5) is 0. The maximum atomic E-state index is 6.26. The zero-order chi connectivity index (χ0) is 14.5. The molecule has 5 heteroatoms. The number of hydrogen-bond acceptors (Lipinski definition) is 3. The fourth-order valence-corrected chi connectivity index (χ4v) is 2.48. The van der Waals surface area contributed by atoms with E-state index < -0.39 is 0 Å². The van der Waals surface area contributed by atoms with E-state index in [4.69, 9.17) is 33.8 Å². The van der Waals surface area contributed by atoms with Crippen LogP contribution in [0.3, 0.4) is 0 Å². The minimum atomic E-state index is -0.249. The second-order valence-electron chi connectivity index (χ2n) is 4.25. The molecule has 0 fully saturated rings. The third-order valence-electron chi connectivity index (χ3n) is 2.96. The summed E-state index contributed by atoms with van der Waals surface area (Å²) < 4.78 is 5.50. The number of hydrogen-bond donors (Lipinski definition) is 2. The normalized spacial score (nSPS) is 12.2. The molecule has 0 radical (unpaired) electrons. The van der Waals surface area contributed by atoms with Gasteiger partial charge in [0.2, 0.25) is 0 Å². The lowest BCUT2D eigenvalue weighted by Gasteiger charge is -2.19. The largest absolute Gasteiger partial charge is 0.494 e. The van der Waals surface area contributed by atoms with Crippen molar-refractivity contribution in [2.24, 2.45) is 5.84 Å². The van der Waals surface area contributed by atoms with Crippen molar-refractivity contribution >= 4 is 23.2 Å². The molecule has 3 nitrogen and oxygen atoms in total. The molecule has 0 aromatic heterocycles. The highest BCUT2D eigenvalue weighted by Gasteiger charge is 2.17. The van der Waals surface area contributed by atoms with Gasteiger partial charge in [-0.25, -0.2) is 5.43 Å². The second-order valence-corrected chi connectivity index (χ2v) is 5.03. The standard InChI is InChI=1S/C15H16Cl2N2O/c1-2-20-11-6-3-5-10(9-11)15(19-18)12-7-4-8-13(16)14(12)17/h3-9,15,19H,2,18H2,1H3. The van der Waals surface area contributed by atoms with Gasteiger partial charge in [-0.1, -0.05) is 47.5 Å². The lowest BCUT2D eigenvalue weighted by atomic mass is 9.99. The number of benzene rings is 2. The molecule has 0 amide bonds. The summed E-state index contributed by atoms with van der Waals surface area (Å²) in [5.74, 6) is 6.48. The molecule has 106 valence electrons. The third kappa shape index (κ3) is 3.25. The molecule has 3 N–H and O–H groups in total. The van der Waals surface area contributed by atoms with Crippen LogP contribution in [0.1, 0.15) is 24.1 Å². The van der Waals surface area contributed by atoms with E-state index in [1.54, 1.807) is 6.07 Å². The highest BCUT2D eigenvalue weighted by Crippen LogP contribution is 2.33. The smallest absolute Gasteiger partial charge is 0.119 e. The minimum absolute atomic E-state index is 0.249. The number of hydrazine groups is 1. The maximum Gasteiger partial charge on any atom is 0.119 e. The first-order valence-corrected chi connectivity index (χ1v) is 7.05. The van der Waals surface area contributed by atoms with Gasteiger partial charge in [0.25, 0.3) is 0 Å². The van der Waals surface area contributed by atoms with Crippen molar-refractivity contribution in [3.63, 3.8) is 0 Å². The summed E-state index contributed by atoms with van der Waals surface area (Å²) in [6.45, 7) is 2.56. The average molecular weight is 311 g/mol. The monoisotopic (exact) mass is 310 g/mol. The predicted molar refractivity (Wildman–Crippen MR) is 83.2 cm³/mol. The van der Waals surface area contributed by atoms with Crippen LogP contribution >= 0.6 is 23.2 Å². The van der Waals surface area contributed by atoms with E-state index in [0.717, 1.165) is 16.9 Å². The lowest BCUT2D eigenvalue weighted by molar-refractivity contribution is 0.339. The van der Waals surface area contributed by atoms with Crippen molar-refractivity contribution in [1.82, 2.24) is 5.43 Å². The van der Waals surface area contributed by atoms with Crippen LogP contribution in [0.15, 0.2) is 42.5 Å². The predicted octanol–water partition coefficient (Wildman–Crippen LogP) is 3.94. The quantitative estimate of drug-likeness (QED) is 0.649. The number of nitrogens with two attached hydrogens (primary N) is 1. The molecular formula is C15H16Cl2N2O. The Labute approximate surface area is 128 Å². The molecule has 0 aliphatic rings. The van der Waals surface area contributed by atoms with Gasteiger partial charge in [0.15, 0.2) is 0 Å². The average Bonchev–Trinajstić information content (AvgIpc) is 2.45. The number of rotatable bonds is 5. The van der Waals surface area contributed by atoms with Crippen molar-refractivity contribution in [3.8, 4) is 5.75 Å². The zero-order valence-electron chi connectivity index (χ0n) is 11.1. The van der Waals surface area contributed by atoms with Gasteiger partial charge in [0.1, 0.15) is 5.75 Å². The molecule has 0 saturated heterocycles. The highest BCUT2D eigenvalue weighted by molar-refractivity contribution is 6.42. The Hall–Kier alpha value is -1.26. The van der Waals surface area contributed by atoms with Gasteiger partial charge in [-0.15, -0.1) is 0 Å². The van der Waals surface area contributed by atoms with Gasteiger partial charge >= 0.3 is 0 Å². The molecule has 1 atom stereocenters. The van der Waals surface area contributed by atoms with Crippen molar-refractivity contribution in [2.75, 3.05) is 6.61 Å². The first-order chi connectivity index (χ1) is 9.67. The molecule has 0 aliphatic carbocycles. The zero-order valence-corrected chi connectivity index (χ0v) is 12.6. The summed E-state index contributed by atoms with van der Waals surface area (Å²) in [6, 6.07) is 13.0. The Kier molecular flexibility index (Phi) is 5.26. The molecule has 1 unspecified atom stereocenters. The van der Waals surface area contributed by atoms with E-state index in [1.807, 2.05) is 43.3 Å². The third-order valence-corrected chi connectivity index (χ3v) is 3.80. The fraction of sp³-hybridized carbons (Fsp3) is 0.200. The van der Waals surface area contributed by atoms with Crippen LogP contribution < -0.4 is 16.0 Å². The van der Waals surface area contributed by atoms with Gasteiger partial charge in [0.05, 0.1) is 22.7 Å². The molecule has 2 aromatic rings. The molecular weight excluding hydrogens is 295 g/mol. The number of ether oxygens (including phenoxy) is 1. The summed E-state index contributed by atoms with van der Waals surface area (Å²) >= 11 is 12.3. The van der Waals surface area contributed by atoms with E-state index in [-0.39, 0.29) is 6.04 Å². The van der Waals surface area contributed by atoms with Crippen molar-refractivity contribution < 1.29 is 4.74 Å². The Morgan fingerprint density at radius 1 is 1.20 bits per heavy atom. The Morgan fingerprint density at radius 3 is 2.65 bits per heavy atom. The minimum Gasteiger partial charge on any atom is -0.494 e. The van der Waals surface area contributed by atoms with Crippen molar-refractivity contribution in [3.05, 3.63) is 63.6 Å². The lowest BCUT2D eigenvalue weighted by Crippen LogP contribution is -2.29. The van der Waals surface area contributed by atoms with E-state index in [9.17, 15) is 0 Å². The Bertz CT molecular complexity index is 590. The van der Waals surface area contributed by atoms with Crippen LogP contribution in [0.4, 0.5) is 0 Å². The van der Waals surface area contributed by atoms with Gasteiger partial charge in [-0.05, 0) is 36.2 Å². The first kappa shape index (κ1) is 15.1.